The van der Waals surface area contributed by atoms with E-state index in [9.17, 15) is 4.79 Å². The Morgan fingerprint density at radius 3 is 2.56 bits per heavy atom. The molecule has 0 amide bonds. The van der Waals surface area contributed by atoms with E-state index in [1.807, 2.05) is 42.5 Å². The van der Waals surface area contributed by atoms with Crippen LogP contribution in [-0.2, 0) is 9.53 Å². The zero-order valence-corrected chi connectivity index (χ0v) is 9.57. The Balaban J connectivity index is 2.43. The van der Waals surface area contributed by atoms with Gasteiger partial charge < -0.3 is 4.74 Å². The van der Waals surface area contributed by atoms with Crippen molar-refractivity contribution in [3.05, 3.63) is 48.0 Å². The van der Waals surface area contributed by atoms with Crippen molar-refractivity contribution in [1.82, 2.24) is 0 Å². The number of carbonyl (C=O) groups excluding carboxylic acids is 1. The number of ether oxygens (including phenoxy) is 1. The molecule has 0 aromatic heterocycles. The van der Waals surface area contributed by atoms with Crippen LogP contribution in [0.25, 0.3) is 10.8 Å². The summed E-state index contributed by atoms with van der Waals surface area (Å²) >= 11 is 5.98. The Bertz CT molecular complexity index is 522. The normalized spacial score (nSPS) is 12.4. The van der Waals surface area contributed by atoms with Gasteiger partial charge in [0, 0.05) is 0 Å². The number of esters is 1. The molecule has 16 heavy (non-hydrogen) atoms. The van der Waals surface area contributed by atoms with Gasteiger partial charge in [-0.05, 0) is 22.4 Å². The molecule has 0 aliphatic carbocycles. The number of carbonyl (C=O) groups is 1. The molecule has 0 aliphatic heterocycles. The number of halogens is 1. The minimum Gasteiger partial charge on any atom is -0.468 e. The topological polar surface area (TPSA) is 26.3 Å². The highest BCUT2D eigenvalue weighted by atomic mass is 35.5. The monoisotopic (exact) mass is 234 g/mol. The number of benzene rings is 2. The molecule has 0 heterocycles. The van der Waals surface area contributed by atoms with Crippen LogP contribution in [0.15, 0.2) is 42.5 Å². The van der Waals surface area contributed by atoms with Gasteiger partial charge in [-0.15, -0.1) is 11.6 Å². The average molecular weight is 235 g/mol. The molecular formula is C13H11ClO2. The van der Waals surface area contributed by atoms with Crippen molar-refractivity contribution >= 4 is 28.3 Å². The van der Waals surface area contributed by atoms with E-state index in [1.54, 1.807) is 0 Å². The predicted octanol–water partition coefficient (Wildman–Crippen LogP) is 3.29. The zero-order chi connectivity index (χ0) is 11.5. The van der Waals surface area contributed by atoms with Gasteiger partial charge in [0.1, 0.15) is 0 Å². The SMILES string of the molecule is COC(=O)C(Cl)c1ccc2ccccc2c1. The van der Waals surface area contributed by atoms with Gasteiger partial charge in [-0.2, -0.15) is 0 Å². The Morgan fingerprint density at radius 1 is 1.19 bits per heavy atom. The quantitative estimate of drug-likeness (QED) is 0.589. The summed E-state index contributed by atoms with van der Waals surface area (Å²) in [4.78, 5) is 11.3. The summed E-state index contributed by atoms with van der Waals surface area (Å²) in [5.74, 6) is -0.433. The van der Waals surface area contributed by atoms with Gasteiger partial charge in [-0.1, -0.05) is 36.4 Å². The molecule has 2 aromatic carbocycles. The third kappa shape index (κ3) is 2.02. The van der Waals surface area contributed by atoms with Crippen molar-refractivity contribution in [3.8, 4) is 0 Å². The number of hydrogen-bond acceptors (Lipinski definition) is 2. The van der Waals surface area contributed by atoms with E-state index in [0.29, 0.717) is 0 Å². The molecule has 2 rings (SSSR count). The Kier molecular flexibility index (Phi) is 3.11. The molecule has 0 fully saturated rings. The van der Waals surface area contributed by atoms with Crippen LogP contribution in [0.1, 0.15) is 10.9 Å². The molecular weight excluding hydrogens is 224 g/mol. The molecule has 0 saturated carbocycles. The van der Waals surface area contributed by atoms with Crippen molar-refractivity contribution < 1.29 is 9.53 Å². The van der Waals surface area contributed by atoms with E-state index in [-0.39, 0.29) is 0 Å². The van der Waals surface area contributed by atoms with Crippen LogP contribution >= 0.6 is 11.6 Å². The maximum atomic E-state index is 11.3. The predicted molar refractivity (Wildman–Crippen MR) is 64.6 cm³/mol. The van der Waals surface area contributed by atoms with Crippen molar-refractivity contribution in [2.75, 3.05) is 7.11 Å². The fourth-order valence-electron chi connectivity index (χ4n) is 1.60. The highest BCUT2D eigenvalue weighted by Crippen LogP contribution is 2.25. The smallest absolute Gasteiger partial charge is 0.328 e. The lowest BCUT2D eigenvalue weighted by Gasteiger charge is -2.08. The molecule has 0 saturated heterocycles. The minimum absolute atomic E-state index is 0.433. The summed E-state index contributed by atoms with van der Waals surface area (Å²) in [7, 11) is 1.33. The molecule has 1 atom stereocenters. The van der Waals surface area contributed by atoms with Crippen LogP contribution in [0.3, 0.4) is 0 Å². The third-order valence-electron chi connectivity index (χ3n) is 2.47. The van der Waals surface area contributed by atoms with Gasteiger partial charge in [0.15, 0.2) is 5.38 Å². The van der Waals surface area contributed by atoms with E-state index >= 15 is 0 Å². The first kappa shape index (κ1) is 11.0. The van der Waals surface area contributed by atoms with Crippen LogP contribution in [0, 0.1) is 0 Å². The van der Waals surface area contributed by atoms with Gasteiger partial charge in [-0.3, -0.25) is 4.79 Å². The highest BCUT2D eigenvalue weighted by molar-refractivity contribution is 6.30. The van der Waals surface area contributed by atoms with E-state index < -0.39 is 11.3 Å². The van der Waals surface area contributed by atoms with Gasteiger partial charge in [0.05, 0.1) is 7.11 Å². The summed E-state index contributed by atoms with van der Waals surface area (Å²) in [5.41, 5.74) is 0.757. The number of fused-ring (bicyclic) bond motifs is 1. The molecule has 0 bridgehead atoms. The fraction of sp³-hybridized carbons (Fsp3) is 0.154. The lowest BCUT2D eigenvalue weighted by atomic mass is 10.1. The van der Waals surface area contributed by atoms with E-state index in [2.05, 4.69) is 4.74 Å². The highest BCUT2D eigenvalue weighted by Gasteiger charge is 2.17. The van der Waals surface area contributed by atoms with Crippen LogP contribution in [0.5, 0.6) is 0 Å². The van der Waals surface area contributed by atoms with Crippen LogP contribution in [-0.4, -0.2) is 13.1 Å². The number of alkyl halides is 1. The van der Waals surface area contributed by atoms with Crippen molar-refractivity contribution in [2.24, 2.45) is 0 Å². The molecule has 0 radical (unpaired) electrons. The summed E-state index contributed by atoms with van der Waals surface area (Å²) in [6.07, 6.45) is 0. The average Bonchev–Trinajstić information content (AvgIpc) is 2.36. The zero-order valence-electron chi connectivity index (χ0n) is 8.81. The molecule has 3 heteroatoms. The summed E-state index contributed by atoms with van der Waals surface area (Å²) in [6, 6.07) is 13.6. The van der Waals surface area contributed by atoms with Gasteiger partial charge >= 0.3 is 5.97 Å². The molecule has 0 N–H and O–H groups in total. The molecule has 1 unspecified atom stereocenters. The first-order valence-corrected chi connectivity index (χ1v) is 5.36. The molecule has 82 valence electrons. The van der Waals surface area contributed by atoms with Crippen molar-refractivity contribution in [1.29, 1.82) is 0 Å². The van der Waals surface area contributed by atoms with Gasteiger partial charge in [0.2, 0.25) is 0 Å². The maximum Gasteiger partial charge on any atom is 0.328 e. The van der Waals surface area contributed by atoms with E-state index in [0.717, 1.165) is 16.3 Å². The molecule has 0 spiro atoms. The van der Waals surface area contributed by atoms with Gasteiger partial charge in [-0.25, -0.2) is 0 Å². The van der Waals surface area contributed by atoms with Crippen LogP contribution < -0.4 is 0 Å². The number of hydrogen-bond donors (Lipinski definition) is 0. The second-order valence-electron chi connectivity index (χ2n) is 3.49. The van der Waals surface area contributed by atoms with E-state index in [4.69, 9.17) is 11.6 Å². The van der Waals surface area contributed by atoms with Crippen LogP contribution in [0.2, 0.25) is 0 Å². The summed E-state index contributed by atoms with van der Waals surface area (Å²) in [5, 5.41) is 1.45. The third-order valence-corrected chi connectivity index (χ3v) is 2.90. The summed E-state index contributed by atoms with van der Waals surface area (Å²) < 4.78 is 4.61. The second-order valence-corrected chi connectivity index (χ2v) is 3.93. The second kappa shape index (κ2) is 4.54. The first-order valence-electron chi connectivity index (χ1n) is 4.93. The lowest BCUT2D eigenvalue weighted by molar-refractivity contribution is -0.140. The Hall–Kier alpha value is -1.54. The Labute approximate surface area is 98.8 Å². The standard InChI is InChI=1S/C13H11ClO2/c1-16-13(15)12(14)11-7-6-9-4-2-3-5-10(9)8-11/h2-8,12H,1H3. The number of rotatable bonds is 2. The largest absolute Gasteiger partial charge is 0.468 e. The van der Waals surface area contributed by atoms with Crippen molar-refractivity contribution in [2.45, 2.75) is 5.38 Å². The number of methoxy groups -OCH3 is 1. The fourth-order valence-corrected chi connectivity index (χ4v) is 1.83. The molecule has 0 aliphatic rings. The molecule has 2 nitrogen and oxygen atoms in total. The van der Waals surface area contributed by atoms with Crippen LogP contribution in [0.4, 0.5) is 0 Å². The van der Waals surface area contributed by atoms with E-state index in [1.165, 1.54) is 7.11 Å². The lowest BCUT2D eigenvalue weighted by Crippen LogP contribution is -2.08. The van der Waals surface area contributed by atoms with Gasteiger partial charge in [0.25, 0.3) is 0 Å². The maximum absolute atomic E-state index is 11.3. The summed E-state index contributed by atoms with van der Waals surface area (Å²) in [6.45, 7) is 0. The minimum atomic E-state index is -0.741. The van der Waals surface area contributed by atoms with Crippen molar-refractivity contribution in [3.63, 3.8) is 0 Å². The first-order chi connectivity index (χ1) is 7.72. The molecule has 2 aromatic rings. The Morgan fingerprint density at radius 2 is 1.88 bits per heavy atom.